The molecule has 4 rings (SSSR count). The third-order valence-corrected chi connectivity index (χ3v) is 5.31. The van der Waals surface area contributed by atoms with Gasteiger partial charge in [0.2, 0.25) is 0 Å². The minimum absolute atomic E-state index is 0.0957. The summed E-state index contributed by atoms with van der Waals surface area (Å²) < 4.78 is 5.11. The van der Waals surface area contributed by atoms with Crippen LogP contribution in [0.25, 0.3) is 0 Å². The molecule has 1 aliphatic rings. The van der Waals surface area contributed by atoms with Crippen LogP contribution < -0.4 is 5.32 Å². The third-order valence-electron chi connectivity index (χ3n) is 4.99. The highest BCUT2D eigenvalue weighted by Crippen LogP contribution is 2.34. The van der Waals surface area contributed by atoms with Crippen LogP contribution in [0.5, 0.6) is 0 Å². The van der Waals surface area contributed by atoms with E-state index in [1.807, 2.05) is 18.2 Å². The fourth-order valence-electron chi connectivity index (χ4n) is 3.53. The van der Waals surface area contributed by atoms with Crippen LogP contribution in [0, 0.1) is 0 Å². The van der Waals surface area contributed by atoms with E-state index < -0.39 is 0 Å². The smallest absolute Gasteiger partial charge is 0.180 e. The molecule has 1 unspecified atom stereocenters. The molecule has 3 aromatic rings. The number of hydrogen-bond donors (Lipinski definition) is 1. The predicted molar refractivity (Wildman–Crippen MR) is 100.0 cm³/mol. The first-order valence-corrected chi connectivity index (χ1v) is 9.31. The van der Waals surface area contributed by atoms with Gasteiger partial charge in [0, 0.05) is 23.9 Å². The van der Waals surface area contributed by atoms with Gasteiger partial charge in [-0.1, -0.05) is 24.6 Å². The molecule has 3 atom stereocenters. The summed E-state index contributed by atoms with van der Waals surface area (Å²) in [6.07, 6.45) is 8.12. The Morgan fingerprint density at radius 2 is 2.00 bits per heavy atom. The first-order valence-electron chi connectivity index (χ1n) is 8.94. The van der Waals surface area contributed by atoms with E-state index in [2.05, 4.69) is 34.3 Å². The van der Waals surface area contributed by atoms with Gasteiger partial charge in [-0.15, -0.1) is 0 Å². The summed E-state index contributed by atoms with van der Waals surface area (Å²) in [5.41, 5.74) is 3.86. The Labute approximate surface area is 157 Å². The molecule has 6 heteroatoms. The Bertz CT molecular complexity index is 868. The second-order valence-corrected chi connectivity index (χ2v) is 7.10. The van der Waals surface area contributed by atoms with Crippen molar-refractivity contribution in [2.24, 2.45) is 0 Å². The molecule has 1 aliphatic heterocycles. The number of pyridine rings is 2. The zero-order chi connectivity index (χ0) is 17.9. The first kappa shape index (κ1) is 17.2. The molecule has 1 N–H and O–H groups in total. The third kappa shape index (κ3) is 3.50. The van der Waals surface area contributed by atoms with E-state index in [1.165, 1.54) is 6.39 Å². The minimum atomic E-state index is 0.0957. The standard InChI is InChI=1S/C20H21ClN4O/c1-13(19-11-26-12-23-19)15-6-2-7-16(24-15)17-8-3-9-18(25-17)20-14(21)5-4-10-22-20/h2,4-7,10-13,17-18,25H,3,8-9H2,1H3/t13?,17-,18+/m1/s1. The molecule has 1 saturated heterocycles. The molecule has 5 nitrogen and oxygen atoms in total. The van der Waals surface area contributed by atoms with E-state index >= 15 is 0 Å². The van der Waals surface area contributed by atoms with Crippen molar-refractivity contribution in [1.82, 2.24) is 20.3 Å². The van der Waals surface area contributed by atoms with Crippen molar-refractivity contribution in [2.45, 2.75) is 44.2 Å². The second-order valence-electron chi connectivity index (χ2n) is 6.70. The fourth-order valence-corrected chi connectivity index (χ4v) is 3.78. The van der Waals surface area contributed by atoms with E-state index in [1.54, 1.807) is 12.5 Å². The molecule has 0 saturated carbocycles. The van der Waals surface area contributed by atoms with Crippen LogP contribution in [0.1, 0.15) is 67.0 Å². The van der Waals surface area contributed by atoms with Gasteiger partial charge in [-0.3, -0.25) is 9.97 Å². The number of nitrogens with zero attached hydrogens (tertiary/aromatic N) is 3. The Kier molecular flexibility index (Phi) is 5.00. The molecule has 4 heterocycles. The topological polar surface area (TPSA) is 63.8 Å². The fraction of sp³-hybridized carbons (Fsp3) is 0.350. The maximum absolute atomic E-state index is 6.34. The van der Waals surface area contributed by atoms with Crippen molar-refractivity contribution in [2.75, 3.05) is 0 Å². The molecule has 134 valence electrons. The summed E-state index contributed by atoms with van der Waals surface area (Å²) >= 11 is 6.34. The lowest BCUT2D eigenvalue weighted by Crippen LogP contribution is -2.32. The van der Waals surface area contributed by atoms with Gasteiger partial charge >= 0.3 is 0 Å². The van der Waals surface area contributed by atoms with Gasteiger partial charge < -0.3 is 9.73 Å². The number of nitrogens with one attached hydrogen (secondary N) is 1. The predicted octanol–water partition coefficient (Wildman–Crippen LogP) is 4.83. The summed E-state index contributed by atoms with van der Waals surface area (Å²) in [6, 6.07) is 10.3. The molecule has 0 radical (unpaired) electrons. The van der Waals surface area contributed by atoms with Crippen LogP contribution in [0.15, 0.2) is 53.6 Å². The van der Waals surface area contributed by atoms with Crippen molar-refractivity contribution >= 4 is 11.6 Å². The number of rotatable bonds is 4. The molecule has 0 aromatic carbocycles. The maximum atomic E-state index is 6.34. The molecular formula is C20H21ClN4O. The summed E-state index contributed by atoms with van der Waals surface area (Å²) in [6.45, 7) is 2.09. The number of halogens is 1. The van der Waals surface area contributed by atoms with Gasteiger partial charge in [0.05, 0.1) is 28.1 Å². The van der Waals surface area contributed by atoms with E-state index in [0.29, 0.717) is 5.02 Å². The average molecular weight is 369 g/mol. The average Bonchev–Trinajstić information content (AvgIpc) is 3.23. The lowest BCUT2D eigenvalue weighted by molar-refractivity contribution is 0.321. The van der Waals surface area contributed by atoms with Crippen molar-refractivity contribution in [1.29, 1.82) is 0 Å². The molecule has 3 aromatic heterocycles. The molecule has 0 bridgehead atoms. The Hall–Kier alpha value is -2.24. The van der Waals surface area contributed by atoms with Crippen molar-refractivity contribution < 1.29 is 4.42 Å². The zero-order valence-electron chi connectivity index (χ0n) is 14.6. The quantitative estimate of drug-likeness (QED) is 0.714. The molecule has 0 aliphatic carbocycles. The number of hydrogen-bond acceptors (Lipinski definition) is 5. The normalized spacial score (nSPS) is 21.5. The summed E-state index contributed by atoms with van der Waals surface area (Å²) in [5, 5.41) is 4.40. The van der Waals surface area contributed by atoms with Crippen molar-refractivity contribution in [3.8, 4) is 0 Å². The molecule has 1 fully saturated rings. The van der Waals surface area contributed by atoms with E-state index in [9.17, 15) is 0 Å². The first-order chi connectivity index (χ1) is 12.7. The maximum Gasteiger partial charge on any atom is 0.180 e. The Morgan fingerprint density at radius 3 is 2.81 bits per heavy atom. The number of oxazole rings is 1. The van der Waals surface area contributed by atoms with E-state index in [4.69, 9.17) is 21.0 Å². The second kappa shape index (κ2) is 7.56. The lowest BCUT2D eigenvalue weighted by atomic mass is 9.93. The van der Waals surface area contributed by atoms with Crippen molar-refractivity contribution in [3.63, 3.8) is 0 Å². The Balaban J connectivity index is 1.56. The van der Waals surface area contributed by atoms with E-state index in [0.717, 1.165) is 42.0 Å². The summed E-state index contributed by atoms with van der Waals surface area (Å²) in [4.78, 5) is 13.6. The van der Waals surface area contributed by atoms with E-state index in [-0.39, 0.29) is 18.0 Å². The van der Waals surface area contributed by atoms with Crippen LogP contribution in [-0.2, 0) is 0 Å². The highest BCUT2D eigenvalue weighted by molar-refractivity contribution is 6.31. The number of aromatic nitrogens is 3. The SMILES string of the molecule is CC(c1cocn1)c1cccc([C@H]2CCC[C@@H](c3ncccc3Cl)N2)n1. The van der Waals surface area contributed by atoms with Gasteiger partial charge in [0.25, 0.3) is 0 Å². The van der Waals surface area contributed by atoms with Gasteiger partial charge in [-0.05, 0) is 43.5 Å². The van der Waals surface area contributed by atoms with Crippen LogP contribution in [0.3, 0.4) is 0 Å². The lowest BCUT2D eigenvalue weighted by Gasteiger charge is -2.31. The summed E-state index contributed by atoms with van der Waals surface area (Å²) in [5.74, 6) is 0.0957. The van der Waals surface area contributed by atoms with Crippen molar-refractivity contribution in [3.05, 3.63) is 77.0 Å². The molecule has 0 amide bonds. The highest BCUT2D eigenvalue weighted by atomic mass is 35.5. The molecular weight excluding hydrogens is 348 g/mol. The zero-order valence-corrected chi connectivity index (χ0v) is 15.4. The van der Waals surface area contributed by atoms with Gasteiger partial charge in [-0.2, -0.15) is 0 Å². The van der Waals surface area contributed by atoms with Gasteiger partial charge in [-0.25, -0.2) is 4.98 Å². The van der Waals surface area contributed by atoms with Crippen LogP contribution in [0.2, 0.25) is 5.02 Å². The van der Waals surface area contributed by atoms with Crippen LogP contribution in [0.4, 0.5) is 0 Å². The Morgan fingerprint density at radius 1 is 1.12 bits per heavy atom. The minimum Gasteiger partial charge on any atom is -0.451 e. The number of piperidine rings is 1. The van der Waals surface area contributed by atoms with Crippen LogP contribution >= 0.6 is 11.6 Å². The molecule has 26 heavy (non-hydrogen) atoms. The largest absolute Gasteiger partial charge is 0.451 e. The monoisotopic (exact) mass is 368 g/mol. The highest BCUT2D eigenvalue weighted by Gasteiger charge is 2.27. The molecule has 0 spiro atoms. The van der Waals surface area contributed by atoms with Crippen LogP contribution in [-0.4, -0.2) is 15.0 Å². The summed E-state index contributed by atoms with van der Waals surface area (Å²) in [7, 11) is 0. The van der Waals surface area contributed by atoms with Gasteiger partial charge in [0.15, 0.2) is 6.39 Å². The van der Waals surface area contributed by atoms with Gasteiger partial charge in [0.1, 0.15) is 6.26 Å².